The Morgan fingerprint density at radius 2 is 1.50 bits per heavy atom. The minimum absolute atomic E-state index is 0.329. The van der Waals surface area contributed by atoms with Gasteiger partial charge < -0.3 is 11.5 Å². The summed E-state index contributed by atoms with van der Waals surface area (Å²) in [5.74, 6) is 0.329. The average molecular weight is 197 g/mol. The second-order valence-electron chi connectivity index (χ2n) is 2.11. The maximum absolute atomic E-state index is 5.52. The van der Waals surface area contributed by atoms with Crippen molar-refractivity contribution in [2.45, 2.75) is 27.7 Å². The van der Waals surface area contributed by atoms with Gasteiger partial charge in [-0.15, -0.1) is 13.2 Å². The van der Waals surface area contributed by atoms with E-state index in [0.29, 0.717) is 11.5 Å². The Morgan fingerprint density at radius 3 is 1.71 bits per heavy atom. The third-order valence-electron chi connectivity index (χ3n) is 1.05. The zero-order valence-electron chi connectivity index (χ0n) is 9.80. The second kappa shape index (κ2) is 14.0. The highest BCUT2D eigenvalue weighted by Gasteiger charge is 1.95. The Hall–Kier alpha value is -1.51. The van der Waals surface area contributed by atoms with Crippen molar-refractivity contribution in [1.82, 2.24) is 0 Å². The summed E-state index contributed by atoms with van der Waals surface area (Å²) in [6.45, 7) is 17.1. The molecule has 82 valence electrons. The first kappa shape index (κ1) is 18.3. The highest BCUT2D eigenvalue weighted by Crippen LogP contribution is 1.94. The Kier molecular flexibility index (Phi) is 18.4. The highest BCUT2D eigenvalue weighted by atomic mass is 14.9. The number of nitrogens with two attached hydrogens (primary N) is 2. The summed E-state index contributed by atoms with van der Waals surface area (Å²) in [5.41, 5.74) is 12.4. The van der Waals surface area contributed by atoms with Gasteiger partial charge in [0.05, 0.1) is 5.70 Å². The van der Waals surface area contributed by atoms with Gasteiger partial charge in [0, 0.05) is 6.20 Å². The predicted molar refractivity (Wildman–Crippen MR) is 67.0 cm³/mol. The number of amidine groups is 1. The van der Waals surface area contributed by atoms with Gasteiger partial charge in [-0.2, -0.15) is 0 Å². The first-order chi connectivity index (χ1) is 6.59. The Bertz CT molecular complexity index is 199. The molecule has 0 aliphatic heterocycles. The molecule has 0 aliphatic rings. The Balaban J connectivity index is -0.000000266. The van der Waals surface area contributed by atoms with E-state index in [1.165, 1.54) is 6.20 Å². The largest absolute Gasteiger partial charge is 0.396 e. The topological polar surface area (TPSA) is 64.4 Å². The van der Waals surface area contributed by atoms with Gasteiger partial charge in [-0.25, -0.2) is 4.99 Å². The number of hydrogen-bond acceptors (Lipinski definition) is 2. The molecule has 0 atom stereocenters. The van der Waals surface area contributed by atoms with Crippen LogP contribution < -0.4 is 11.5 Å². The summed E-state index contributed by atoms with van der Waals surface area (Å²) >= 11 is 0. The summed E-state index contributed by atoms with van der Waals surface area (Å²) in [7, 11) is 0. The summed E-state index contributed by atoms with van der Waals surface area (Å²) < 4.78 is 0. The van der Waals surface area contributed by atoms with Crippen LogP contribution in [-0.2, 0) is 0 Å². The van der Waals surface area contributed by atoms with Crippen molar-refractivity contribution in [2.75, 3.05) is 0 Å². The van der Waals surface area contributed by atoms with Crippen molar-refractivity contribution in [3.63, 3.8) is 0 Å². The average Bonchev–Trinajstić information content (AvgIpc) is 2.23. The van der Waals surface area contributed by atoms with Crippen molar-refractivity contribution in [3.05, 3.63) is 37.2 Å². The third-order valence-corrected chi connectivity index (χ3v) is 1.05. The standard InChI is InChI=1S/C7H13N3.C2H6.C2H4/c1-4-10-7(9)6(8)5(2)3;2*1-2/h4H,1,8H2,2-3H3,(H2,9,10);1-2H3;1-2H2. The van der Waals surface area contributed by atoms with Crippen LogP contribution in [0.5, 0.6) is 0 Å². The summed E-state index contributed by atoms with van der Waals surface area (Å²) in [6.07, 6.45) is 1.37. The lowest BCUT2D eigenvalue weighted by Crippen LogP contribution is -2.21. The molecule has 0 saturated carbocycles. The first-order valence-corrected chi connectivity index (χ1v) is 4.47. The molecule has 0 radical (unpaired) electrons. The van der Waals surface area contributed by atoms with E-state index >= 15 is 0 Å². The van der Waals surface area contributed by atoms with Gasteiger partial charge in [0.15, 0.2) is 0 Å². The Morgan fingerprint density at radius 1 is 1.14 bits per heavy atom. The van der Waals surface area contributed by atoms with Gasteiger partial charge in [-0.3, -0.25) is 0 Å². The Labute approximate surface area is 87.9 Å². The van der Waals surface area contributed by atoms with Gasteiger partial charge in [0.25, 0.3) is 0 Å². The van der Waals surface area contributed by atoms with Crippen molar-refractivity contribution >= 4 is 5.84 Å². The molecular formula is C11H23N3. The van der Waals surface area contributed by atoms with Gasteiger partial charge >= 0.3 is 0 Å². The lowest BCUT2D eigenvalue weighted by Gasteiger charge is -2.00. The predicted octanol–water partition coefficient (Wildman–Crippen LogP) is 2.57. The minimum atomic E-state index is 0.329. The smallest absolute Gasteiger partial charge is 0.146 e. The van der Waals surface area contributed by atoms with Crippen LogP contribution in [0.15, 0.2) is 42.2 Å². The molecular weight excluding hydrogens is 174 g/mol. The quantitative estimate of drug-likeness (QED) is 0.406. The maximum atomic E-state index is 5.52. The van der Waals surface area contributed by atoms with E-state index in [4.69, 9.17) is 11.5 Å². The molecule has 0 saturated heterocycles. The molecule has 0 aromatic heterocycles. The van der Waals surface area contributed by atoms with Crippen molar-refractivity contribution in [3.8, 4) is 0 Å². The van der Waals surface area contributed by atoms with E-state index in [9.17, 15) is 0 Å². The molecule has 0 amide bonds. The molecule has 0 heterocycles. The summed E-state index contributed by atoms with van der Waals surface area (Å²) in [6, 6.07) is 0. The number of aliphatic imine (C=N–C) groups is 1. The fourth-order valence-corrected chi connectivity index (χ4v) is 0.424. The zero-order chi connectivity index (χ0) is 12.1. The highest BCUT2D eigenvalue weighted by molar-refractivity contribution is 5.96. The molecule has 0 aromatic rings. The van der Waals surface area contributed by atoms with Crippen LogP contribution in [0.1, 0.15) is 27.7 Å². The van der Waals surface area contributed by atoms with Crippen LogP contribution in [0.3, 0.4) is 0 Å². The van der Waals surface area contributed by atoms with Crippen molar-refractivity contribution < 1.29 is 0 Å². The lowest BCUT2D eigenvalue weighted by molar-refractivity contribution is 1.26. The number of nitrogens with zero attached hydrogens (tertiary/aromatic N) is 1. The molecule has 0 bridgehead atoms. The monoisotopic (exact) mass is 197 g/mol. The van der Waals surface area contributed by atoms with Gasteiger partial charge in [0.1, 0.15) is 5.84 Å². The molecule has 3 nitrogen and oxygen atoms in total. The molecule has 3 heteroatoms. The fourth-order valence-electron chi connectivity index (χ4n) is 0.424. The van der Waals surface area contributed by atoms with Crippen LogP contribution in [0, 0.1) is 0 Å². The fraction of sp³-hybridized carbons (Fsp3) is 0.364. The summed E-state index contributed by atoms with van der Waals surface area (Å²) in [5, 5.41) is 0. The van der Waals surface area contributed by atoms with Crippen LogP contribution in [0.25, 0.3) is 0 Å². The van der Waals surface area contributed by atoms with Crippen LogP contribution in [-0.4, -0.2) is 5.84 Å². The number of hydrogen-bond donors (Lipinski definition) is 2. The van der Waals surface area contributed by atoms with Crippen LogP contribution in [0.4, 0.5) is 0 Å². The van der Waals surface area contributed by atoms with Crippen molar-refractivity contribution in [1.29, 1.82) is 0 Å². The second-order valence-corrected chi connectivity index (χ2v) is 2.11. The maximum Gasteiger partial charge on any atom is 0.146 e. The number of rotatable bonds is 2. The molecule has 0 rings (SSSR count). The van der Waals surface area contributed by atoms with Crippen LogP contribution in [0.2, 0.25) is 0 Å². The molecule has 0 fully saturated rings. The third kappa shape index (κ3) is 10.5. The molecule has 4 N–H and O–H groups in total. The van der Waals surface area contributed by atoms with Gasteiger partial charge in [-0.05, 0) is 19.4 Å². The molecule has 0 unspecified atom stereocenters. The van der Waals surface area contributed by atoms with E-state index < -0.39 is 0 Å². The molecule has 0 spiro atoms. The van der Waals surface area contributed by atoms with Gasteiger partial charge in [0.2, 0.25) is 0 Å². The normalized spacial score (nSPS) is 8.43. The lowest BCUT2D eigenvalue weighted by atomic mass is 10.2. The van der Waals surface area contributed by atoms with Gasteiger partial charge in [-0.1, -0.05) is 20.4 Å². The molecule has 14 heavy (non-hydrogen) atoms. The first-order valence-electron chi connectivity index (χ1n) is 4.47. The van der Waals surface area contributed by atoms with Crippen molar-refractivity contribution in [2.24, 2.45) is 16.5 Å². The minimum Gasteiger partial charge on any atom is -0.396 e. The zero-order valence-corrected chi connectivity index (χ0v) is 9.80. The SMILES string of the molecule is C=C.C=CN=C(N)C(N)=C(C)C.CC. The molecule has 0 aromatic carbocycles. The molecule has 0 aliphatic carbocycles. The van der Waals surface area contributed by atoms with E-state index in [2.05, 4.69) is 24.7 Å². The van der Waals surface area contributed by atoms with E-state index in [1.54, 1.807) is 0 Å². The van der Waals surface area contributed by atoms with E-state index in [-0.39, 0.29) is 0 Å². The van der Waals surface area contributed by atoms with Crippen LogP contribution >= 0.6 is 0 Å². The summed E-state index contributed by atoms with van der Waals surface area (Å²) in [4.78, 5) is 3.72. The van der Waals surface area contributed by atoms with E-state index in [1.807, 2.05) is 27.7 Å². The number of allylic oxidation sites excluding steroid dienone is 1. The van der Waals surface area contributed by atoms with E-state index in [0.717, 1.165) is 5.57 Å².